The number of rotatable bonds is 3. The van der Waals surface area contributed by atoms with Crippen LogP contribution in [0.3, 0.4) is 0 Å². The van der Waals surface area contributed by atoms with E-state index in [-0.39, 0.29) is 0 Å². The summed E-state index contributed by atoms with van der Waals surface area (Å²) in [6.07, 6.45) is -2.62. The van der Waals surface area contributed by atoms with Gasteiger partial charge in [-0.1, -0.05) is 0 Å². The maximum Gasteiger partial charge on any atom is 0.504 e. The highest BCUT2D eigenvalue weighted by molar-refractivity contribution is 4.60. The van der Waals surface area contributed by atoms with E-state index >= 15 is 0 Å². The second kappa shape index (κ2) is 2.76. The summed E-state index contributed by atoms with van der Waals surface area (Å²) in [5.41, 5.74) is -2.94. The minimum absolute atomic E-state index is 0.512. The van der Waals surface area contributed by atoms with E-state index in [0.29, 0.717) is 6.92 Å². The summed E-state index contributed by atoms with van der Waals surface area (Å²) in [6.45, 7) is 0.512. The number of hydrogen-bond acceptors (Lipinski definition) is 6. The van der Waals surface area contributed by atoms with E-state index in [1.807, 2.05) is 0 Å². The molecule has 0 radical (unpaired) electrons. The Hall–Kier alpha value is -1.28. The second-order valence-electron chi connectivity index (χ2n) is 1.98. The molecule has 2 N–H and O–H groups in total. The molecule has 11 heavy (non-hydrogen) atoms. The monoisotopic (exact) mass is 166 g/mol. The van der Waals surface area contributed by atoms with Crippen molar-refractivity contribution in [2.24, 2.45) is 0 Å². The minimum Gasteiger partial charge on any atom is -0.357 e. The van der Waals surface area contributed by atoms with E-state index in [1.54, 1.807) is 0 Å². The fourth-order valence-corrected chi connectivity index (χ4v) is 0.255. The van der Waals surface area contributed by atoms with Gasteiger partial charge in [0, 0.05) is 0 Å². The lowest BCUT2D eigenvalue weighted by Crippen LogP contribution is -2.53. The first-order valence-electron chi connectivity index (χ1n) is 2.48. The summed E-state index contributed by atoms with van der Waals surface area (Å²) >= 11 is 0. The molecule has 0 amide bonds. The molecule has 0 fully saturated rings. The molecule has 0 unspecified atom stereocenters. The lowest BCUT2D eigenvalue weighted by Gasteiger charge is -2.12. The molecule has 64 valence electrons. The molecule has 0 spiro atoms. The Bertz CT molecular complexity index is 174. The topological polar surface area (TPSA) is 127 Å². The third kappa shape index (κ3) is 1.41. The molecule has 0 aliphatic rings. The molecule has 0 rings (SSSR count). The molecule has 0 aromatic rings. The van der Waals surface area contributed by atoms with Crippen LogP contribution in [0.1, 0.15) is 6.92 Å². The van der Waals surface area contributed by atoms with Crippen molar-refractivity contribution in [1.82, 2.24) is 0 Å². The van der Waals surface area contributed by atoms with Crippen molar-refractivity contribution in [3.05, 3.63) is 20.2 Å². The van der Waals surface area contributed by atoms with E-state index in [0.717, 1.165) is 0 Å². The van der Waals surface area contributed by atoms with Gasteiger partial charge in [0.1, 0.15) is 9.85 Å². The van der Waals surface area contributed by atoms with Crippen LogP contribution >= 0.6 is 0 Å². The highest BCUT2D eigenvalue weighted by Crippen LogP contribution is 2.12. The van der Waals surface area contributed by atoms with Gasteiger partial charge < -0.3 is 10.2 Å². The zero-order chi connectivity index (χ0) is 9.23. The van der Waals surface area contributed by atoms with Crippen molar-refractivity contribution < 1.29 is 20.1 Å². The van der Waals surface area contributed by atoms with Crippen LogP contribution < -0.4 is 0 Å². The first kappa shape index (κ1) is 9.72. The molecule has 0 aromatic carbocycles. The quantitative estimate of drug-likeness (QED) is 0.300. The Labute approximate surface area is 60.4 Å². The van der Waals surface area contributed by atoms with Gasteiger partial charge in [0.2, 0.25) is 0 Å². The van der Waals surface area contributed by atoms with Gasteiger partial charge in [0.15, 0.2) is 0 Å². The molecule has 8 heteroatoms. The molecule has 0 saturated heterocycles. The van der Waals surface area contributed by atoms with Gasteiger partial charge in [-0.15, -0.1) is 0 Å². The van der Waals surface area contributed by atoms with Gasteiger partial charge in [-0.05, 0) is 0 Å². The van der Waals surface area contributed by atoms with Crippen LogP contribution in [-0.4, -0.2) is 32.0 Å². The molecule has 0 saturated carbocycles. The van der Waals surface area contributed by atoms with Crippen LogP contribution in [-0.2, 0) is 0 Å². The third-order valence-corrected chi connectivity index (χ3v) is 1.23. The van der Waals surface area contributed by atoms with Crippen molar-refractivity contribution in [1.29, 1.82) is 0 Å². The third-order valence-electron chi connectivity index (χ3n) is 1.23. The van der Waals surface area contributed by atoms with E-state index in [4.69, 9.17) is 10.2 Å². The maximum atomic E-state index is 9.95. The van der Waals surface area contributed by atoms with E-state index in [1.165, 1.54) is 0 Å². The van der Waals surface area contributed by atoms with E-state index in [2.05, 4.69) is 0 Å². The zero-order valence-corrected chi connectivity index (χ0v) is 5.50. The molecule has 0 bridgehead atoms. The second-order valence-corrected chi connectivity index (χ2v) is 1.98. The first-order chi connectivity index (χ1) is 4.83. The molecule has 0 heterocycles. The smallest absolute Gasteiger partial charge is 0.357 e. The molecular weight excluding hydrogens is 160 g/mol. The Kier molecular flexibility index (Phi) is 2.44. The number of aliphatic hydroxyl groups excluding tert-OH is 1. The summed E-state index contributed by atoms with van der Waals surface area (Å²) in [6, 6.07) is 0. The van der Waals surface area contributed by atoms with Crippen molar-refractivity contribution in [3.8, 4) is 0 Å². The largest absolute Gasteiger partial charge is 0.504 e. The van der Waals surface area contributed by atoms with Gasteiger partial charge in [0.25, 0.3) is 6.29 Å². The Morgan fingerprint density at radius 1 is 1.27 bits per heavy atom. The van der Waals surface area contributed by atoms with Crippen LogP contribution in [0.25, 0.3) is 0 Å². The Morgan fingerprint density at radius 3 is 1.55 bits per heavy atom. The predicted octanol–water partition coefficient (Wildman–Crippen LogP) is -1.43. The number of nitro groups is 2. The molecule has 0 aliphatic heterocycles. The highest BCUT2D eigenvalue weighted by Gasteiger charge is 2.57. The van der Waals surface area contributed by atoms with Crippen molar-refractivity contribution in [3.63, 3.8) is 0 Å². The van der Waals surface area contributed by atoms with Crippen LogP contribution in [0.2, 0.25) is 0 Å². The standard InChI is InChI=1S/C3H6N2O6/c1-3(2(6)7,4(8)9)5(10)11/h2,6-7H,1H3. The van der Waals surface area contributed by atoms with Gasteiger partial charge >= 0.3 is 5.66 Å². The fraction of sp³-hybridized carbons (Fsp3) is 1.00. The summed E-state index contributed by atoms with van der Waals surface area (Å²) in [5.74, 6) is 0. The van der Waals surface area contributed by atoms with Crippen LogP contribution in [0.5, 0.6) is 0 Å². The summed E-state index contributed by atoms with van der Waals surface area (Å²) in [4.78, 5) is 17.2. The Morgan fingerprint density at radius 2 is 1.55 bits per heavy atom. The lowest BCUT2D eigenvalue weighted by atomic mass is 10.2. The van der Waals surface area contributed by atoms with E-state index in [9.17, 15) is 20.2 Å². The number of nitrogens with zero attached hydrogens (tertiary/aromatic N) is 2. The number of hydrogen-bond donors (Lipinski definition) is 2. The van der Waals surface area contributed by atoms with Gasteiger partial charge in [0.05, 0.1) is 6.92 Å². The summed E-state index contributed by atoms with van der Waals surface area (Å²) in [5, 5.41) is 36.5. The SMILES string of the molecule is CC(C(O)O)([N+](=O)[O-])[N+](=O)[O-]. The van der Waals surface area contributed by atoms with Crippen LogP contribution in [0, 0.1) is 20.2 Å². The summed E-state index contributed by atoms with van der Waals surface area (Å²) < 4.78 is 0. The Balaban J connectivity index is 4.82. The first-order valence-corrected chi connectivity index (χ1v) is 2.48. The molecule has 0 aromatic heterocycles. The molecule has 8 nitrogen and oxygen atoms in total. The fourth-order valence-electron chi connectivity index (χ4n) is 0.255. The van der Waals surface area contributed by atoms with Crippen molar-refractivity contribution in [2.45, 2.75) is 18.9 Å². The van der Waals surface area contributed by atoms with Crippen LogP contribution in [0.4, 0.5) is 0 Å². The average Bonchev–Trinajstić information content (AvgIpc) is 1.84. The van der Waals surface area contributed by atoms with Crippen LogP contribution in [0.15, 0.2) is 0 Å². The van der Waals surface area contributed by atoms with E-state index < -0.39 is 21.8 Å². The van der Waals surface area contributed by atoms with Gasteiger partial charge in [-0.3, -0.25) is 20.2 Å². The lowest BCUT2D eigenvalue weighted by molar-refractivity contribution is -0.810. The predicted molar refractivity (Wildman–Crippen MR) is 30.6 cm³/mol. The summed E-state index contributed by atoms with van der Waals surface area (Å²) in [7, 11) is 0. The molecule has 0 aliphatic carbocycles. The van der Waals surface area contributed by atoms with Gasteiger partial charge in [-0.2, -0.15) is 0 Å². The minimum atomic E-state index is -2.94. The molecular formula is C3H6N2O6. The van der Waals surface area contributed by atoms with Gasteiger partial charge in [-0.25, -0.2) is 0 Å². The zero-order valence-electron chi connectivity index (χ0n) is 5.50. The normalized spacial score (nSPS) is 11.6. The van der Waals surface area contributed by atoms with Crippen molar-refractivity contribution in [2.75, 3.05) is 0 Å². The highest BCUT2D eigenvalue weighted by atomic mass is 16.7. The maximum absolute atomic E-state index is 9.95. The molecule has 0 atom stereocenters. The average molecular weight is 166 g/mol. The van der Waals surface area contributed by atoms with Crippen molar-refractivity contribution >= 4 is 0 Å². The number of aliphatic hydroxyl groups is 2.